The van der Waals surface area contributed by atoms with E-state index in [0.29, 0.717) is 0 Å². The maximum atomic E-state index is 4.90. The fourth-order valence-corrected chi connectivity index (χ4v) is 0.473. The van der Waals surface area contributed by atoms with Gasteiger partial charge in [-0.15, -0.1) is 0 Å². The zero-order valence-corrected chi connectivity index (χ0v) is 4.64. The van der Waals surface area contributed by atoms with Crippen molar-refractivity contribution in [1.82, 2.24) is 5.32 Å². The van der Waals surface area contributed by atoms with Crippen LogP contribution in [-0.2, 0) is 0 Å². The summed E-state index contributed by atoms with van der Waals surface area (Å²) in [5.41, 5.74) is 0. The van der Waals surface area contributed by atoms with Crippen molar-refractivity contribution in [1.29, 1.82) is 0 Å². The first-order valence-corrected chi connectivity index (χ1v) is 2.40. The van der Waals surface area contributed by atoms with E-state index in [1.807, 2.05) is 12.1 Å². The summed E-state index contributed by atoms with van der Waals surface area (Å²) in [6.45, 7) is 2.77. The second-order valence-corrected chi connectivity index (χ2v) is 1.35. The lowest BCUT2D eigenvalue weighted by molar-refractivity contribution is 0.532. The van der Waals surface area contributed by atoms with Gasteiger partial charge in [0.05, 0.1) is 6.26 Å². The van der Waals surface area contributed by atoms with Gasteiger partial charge in [0.2, 0.25) is 0 Å². The summed E-state index contributed by atoms with van der Waals surface area (Å²) in [6.07, 6.45) is 1.61. The highest BCUT2D eigenvalue weighted by molar-refractivity contribution is 5.06. The van der Waals surface area contributed by atoms with E-state index >= 15 is 0 Å². The molecule has 0 amide bonds. The Morgan fingerprint density at radius 3 is 3.12 bits per heavy atom. The highest BCUT2D eigenvalue weighted by Crippen LogP contribution is 1.98. The quantitative estimate of drug-likeness (QED) is 0.570. The molecule has 0 bridgehead atoms. The monoisotopic (exact) mass is 109 g/mol. The minimum Gasteiger partial charge on any atom is -0.467 e. The molecule has 2 nitrogen and oxygen atoms in total. The van der Waals surface area contributed by atoms with Crippen molar-refractivity contribution in [2.24, 2.45) is 0 Å². The molecule has 1 rings (SSSR count). The normalized spacial score (nSPS) is 9.62. The number of hydrogen-bond donors (Lipinski definition) is 1. The molecule has 0 aliphatic rings. The van der Waals surface area contributed by atoms with Gasteiger partial charge in [0.25, 0.3) is 0 Å². The topological polar surface area (TPSA) is 25.2 Å². The van der Waals surface area contributed by atoms with Crippen LogP contribution in [0.4, 0.5) is 0 Å². The molecular weight excluding hydrogens is 102 g/mol. The SMILES string of the molecule is CN[C]c1ccco1. The molecule has 0 atom stereocenters. The average Bonchev–Trinajstić information content (AvgIpc) is 2.19. The first kappa shape index (κ1) is 5.38. The first-order chi connectivity index (χ1) is 3.93. The lowest BCUT2D eigenvalue weighted by Gasteiger charge is -1.86. The molecule has 42 valence electrons. The second kappa shape index (κ2) is 2.52. The molecule has 0 fully saturated rings. The van der Waals surface area contributed by atoms with Gasteiger partial charge >= 0.3 is 0 Å². The van der Waals surface area contributed by atoms with Gasteiger partial charge in [0, 0.05) is 0 Å². The van der Waals surface area contributed by atoms with Crippen LogP contribution in [0.5, 0.6) is 0 Å². The minimum absolute atomic E-state index is 0.729. The van der Waals surface area contributed by atoms with Gasteiger partial charge in [-0.05, 0) is 19.2 Å². The molecule has 1 aromatic heterocycles. The predicted octanol–water partition coefficient (Wildman–Crippen LogP) is 0.886. The maximum Gasteiger partial charge on any atom is 0.133 e. The Kier molecular flexibility index (Phi) is 1.70. The van der Waals surface area contributed by atoms with Crippen LogP contribution in [0.2, 0.25) is 0 Å². The van der Waals surface area contributed by atoms with Crippen LogP contribution in [0.3, 0.4) is 0 Å². The first-order valence-electron chi connectivity index (χ1n) is 2.40. The summed E-state index contributed by atoms with van der Waals surface area (Å²) >= 11 is 0. The van der Waals surface area contributed by atoms with Crippen molar-refractivity contribution < 1.29 is 4.42 Å². The van der Waals surface area contributed by atoms with Crippen molar-refractivity contribution >= 4 is 0 Å². The molecule has 2 radical (unpaired) electrons. The number of hydrogen-bond acceptors (Lipinski definition) is 2. The largest absolute Gasteiger partial charge is 0.467 e. The Hall–Kier alpha value is -0.760. The molecule has 0 saturated heterocycles. The van der Waals surface area contributed by atoms with E-state index in [9.17, 15) is 0 Å². The van der Waals surface area contributed by atoms with E-state index < -0.39 is 0 Å². The van der Waals surface area contributed by atoms with Crippen LogP contribution < -0.4 is 5.32 Å². The molecule has 0 saturated carbocycles. The zero-order valence-electron chi connectivity index (χ0n) is 4.64. The number of nitrogens with one attached hydrogen (secondary N) is 1. The molecule has 0 aliphatic carbocycles. The molecule has 2 heteroatoms. The Morgan fingerprint density at radius 2 is 2.62 bits per heavy atom. The summed E-state index contributed by atoms with van der Waals surface area (Å²) in [4.78, 5) is 0. The third-order valence-corrected chi connectivity index (χ3v) is 0.769. The van der Waals surface area contributed by atoms with E-state index in [1.165, 1.54) is 0 Å². The van der Waals surface area contributed by atoms with Crippen molar-refractivity contribution in [2.75, 3.05) is 7.05 Å². The summed E-state index contributed by atoms with van der Waals surface area (Å²) in [7, 11) is 1.78. The van der Waals surface area contributed by atoms with Crippen LogP contribution >= 0.6 is 0 Å². The van der Waals surface area contributed by atoms with E-state index in [1.54, 1.807) is 13.3 Å². The minimum atomic E-state index is 0.729. The van der Waals surface area contributed by atoms with Gasteiger partial charge in [-0.25, -0.2) is 0 Å². The highest BCUT2D eigenvalue weighted by atomic mass is 16.3. The smallest absolute Gasteiger partial charge is 0.133 e. The van der Waals surface area contributed by atoms with Crippen molar-refractivity contribution in [3.63, 3.8) is 0 Å². The van der Waals surface area contributed by atoms with Gasteiger partial charge in [-0.3, -0.25) is 0 Å². The van der Waals surface area contributed by atoms with Crippen LogP contribution in [0.25, 0.3) is 0 Å². The third-order valence-electron chi connectivity index (χ3n) is 0.769. The summed E-state index contributed by atoms with van der Waals surface area (Å²) in [6, 6.07) is 3.65. The number of rotatable bonds is 2. The Bertz CT molecular complexity index is 134. The van der Waals surface area contributed by atoms with E-state index in [2.05, 4.69) is 11.9 Å². The van der Waals surface area contributed by atoms with Crippen molar-refractivity contribution in [3.05, 3.63) is 30.7 Å². The molecule has 1 N–H and O–H groups in total. The zero-order chi connectivity index (χ0) is 5.82. The molecule has 0 aromatic carbocycles. The summed E-state index contributed by atoms with van der Waals surface area (Å²) in [5.74, 6) is 0.729. The fraction of sp³-hybridized carbons (Fsp3) is 0.167. The molecule has 8 heavy (non-hydrogen) atoms. The second-order valence-electron chi connectivity index (χ2n) is 1.35. The molecule has 0 spiro atoms. The van der Waals surface area contributed by atoms with E-state index in [0.717, 1.165) is 5.76 Å². The molecular formula is C6H7NO. The Morgan fingerprint density at radius 1 is 1.75 bits per heavy atom. The Balaban J connectivity index is 2.50. The predicted molar refractivity (Wildman–Crippen MR) is 30.1 cm³/mol. The highest BCUT2D eigenvalue weighted by Gasteiger charge is 1.90. The Labute approximate surface area is 48.5 Å². The van der Waals surface area contributed by atoms with Crippen LogP contribution in [0, 0.1) is 6.54 Å². The third kappa shape index (κ3) is 1.10. The lowest BCUT2D eigenvalue weighted by Crippen LogP contribution is -1.99. The molecule has 1 aromatic rings. The van der Waals surface area contributed by atoms with Gasteiger partial charge in [-0.2, -0.15) is 0 Å². The molecule has 1 heterocycles. The average molecular weight is 109 g/mol. The van der Waals surface area contributed by atoms with Gasteiger partial charge in [0.1, 0.15) is 12.3 Å². The van der Waals surface area contributed by atoms with Crippen LogP contribution in [0.1, 0.15) is 5.76 Å². The fourth-order valence-electron chi connectivity index (χ4n) is 0.473. The standard InChI is InChI=1S/C6H7NO/c1-7-5-6-3-2-4-8-6/h2-4,7H,1H3. The molecule has 0 unspecified atom stereocenters. The summed E-state index contributed by atoms with van der Waals surface area (Å²) in [5, 5.41) is 2.73. The maximum absolute atomic E-state index is 4.90. The molecule has 0 aliphatic heterocycles. The van der Waals surface area contributed by atoms with Gasteiger partial charge in [0.15, 0.2) is 0 Å². The van der Waals surface area contributed by atoms with E-state index in [4.69, 9.17) is 4.42 Å². The van der Waals surface area contributed by atoms with Gasteiger partial charge < -0.3 is 9.73 Å². The summed E-state index contributed by atoms with van der Waals surface area (Å²) < 4.78 is 4.90. The lowest BCUT2D eigenvalue weighted by atomic mass is 10.4. The van der Waals surface area contributed by atoms with Crippen LogP contribution in [-0.4, -0.2) is 7.05 Å². The van der Waals surface area contributed by atoms with Gasteiger partial charge in [-0.1, -0.05) is 0 Å². The van der Waals surface area contributed by atoms with Crippen molar-refractivity contribution in [3.8, 4) is 0 Å². The van der Waals surface area contributed by atoms with Crippen molar-refractivity contribution in [2.45, 2.75) is 0 Å². The number of furan rings is 1. The van der Waals surface area contributed by atoms with Crippen LogP contribution in [0.15, 0.2) is 22.8 Å². The van der Waals surface area contributed by atoms with E-state index in [-0.39, 0.29) is 0 Å².